The Morgan fingerprint density at radius 2 is 2.26 bits per heavy atom. The van der Waals surface area contributed by atoms with Gasteiger partial charge in [-0.2, -0.15) is 0 Å². The van der Waals surface area contributed by atoms with Gasteiger partial charge in [0.15, 0.2) is 0 Å². The number of nitrogens with one attached hydrogen (secondary N) is 1. The molecule has 19 heavy (non-hydrogen) atoms. The molecule has 1 amide bonds. The zero-order valence-corrected chi connectivity index (χ0v) is 11.6. The molecule has 0 fully saturated rings. The number of carbonyl (C=O) groups is 1. The van der Waals surface area contributed by atoms with E-state index in [9.17, 15) is 4.79 Å². The van der Waals surface area contributed by atoms with E-state index in [2.05, 4.69) is 27.2 Å². The molecule has 1 atom stereocenters. The van der Waals surface area contributed by atoms with Gasteiger partial charge >= 0.3 is 0 Å². The Kier molecular flexibility index (Phi) is 4.06. The standard InChI is InChI=1S/C12H15N5OS/c1-3-8-4-15-12(19-8)7(2)16-10-6-14-5-9(17-10)11(13)18/h4-7H,3H2,1-2H3,(H2,13,18)(H,16,17). The highest BCUT2D eigenvalue weighted by atomic mass is 32.1. The second kappa shape index (κ2) is 5.75. The third-order valence-corrected chi connectivity index (χ3v) is 3.87. The monoisotopic (exact) mass is 277 g/mol. The first-order valence-electron chi connectivity index (χ1n) is 5.93. The zero-order valence-electron chi connectivity index (χ0n) is 10.8. The molecule has 2 aromatic heterocycles. The molecule has 2 rings (SSSR count). The molecule has 0 aromatic carbocycles. The fourth-order valence-electron chi connectivity index (χ4n) is 1.52. The predicted molar refractivity (Wildman–Crippen MR) is 74.1 cm³/mol. The first-order valence-corrected chi connectivity index (χ1v) is 6.74. The predicted octanol–water partition coefficient (Wildman–Crippen LogP) is 1.77. The molecule has 0 saturated heterocycles. The summed E-state index contributed by atoms with van der Waals surface area (Å²) in [5.74, 6) is -0.0802. The van der Waals surface area contributed by atoms with Crippen LogP contribution in [0.3, 0.4) is 0 Å². The quantitative estimate of drug-likeness (QED) is 0.868. The summed E-state index contributed by atoms with van der Waals surface area (Å²) in [5.41, 5.74) is 5.31. The lowest BCUT2D eigenvalue weighted by molar-refractivity contribution is 0.0995. The normalized spacial score (nSPS) is 12.1. The lowest BCUT2D eigenvalue weighted by atomic mass is 10.3. The Morgan fingerprint density at radius 3 is 2.89 bits per heavy atom. The van der Waals surface area contributed by atoms with Crippen LogP contribution in [0.4, 0.5) is 5.82 Å². The second-order valence-electron chi connectivity index (χ2n) is 4.04. The molecule has 0 bridgehead atoms. The van der Waals surface area contributed by atoms with Gasteiger partial charge in [-0.15, -0.1) is 11.3 Å². The van der Waals surface area contributed by atoms with E-state index < -0.39 is 5.91 Å². The fourth-order valence-corrected chi connectivity index (χ4v) is 2.38. The van der Waals surface area contributed by atoms with Gasteiger partial charge in [-0.25, -0.2) is 9.97 Å². The number of hydrogen-bond acceptors (Lipinski definition) is 6. The summed E-state index contributed by atoms with van der Waals surface area (Å²) < 4.78 is 0. The van der Waals surface area contributed by atoms with Crippen LogP contribution in [0.2, 0.25) is 0 Å². The van der Waals surface area contributed by atoms with E-state index in [1.54, 1.807) is 17.5 Å². The Balaban J connectivity index is 2.12. The van der Waals surface area contributed by atoms with Crippen molar-refractivity contribution < 1.29 is 4.79 Å². The molecule has 0 aliphatic rings. The lowest BCUT2D eigenvalue weighted by Crippen LogP contribution is -2.15. The minimum absolute atomic E-state index is 0.00252. The van der Waals surface area contributed by atoms with Crippen molar-refractivity contribution >= 4 is 23.1 Å². The average Bonchev–Trinajstić information content (AvgIpc) is 2.88. The third-order valence-electron chi connectivity index (χ3n) is 2.54. The summed E-state index contributed by atoms with van der Waals surface area (Å²) in [4.78, 5) is 24.7. The molecule has 1 unspecified atom stereocenters. The summed E-state index contributed by atoms with van der Waals surface area (Å²) in [6.07, 6.45) is 5.75. The van der Waals surface area contributed by atoms with E-state index in [1.807, 2.05) is 13.1 Å². The van der Waals surface area contributed by atoms with E-state index in [0.717, 1.165) is 11.4 Å². The first-order chi connectivity index (χ1) is 9.10. The van der Waals surface area contributed by atoms with Crippen LogP contribution in [0.15, 0.2) is 18.6 Å². The second-order valence-corrected chi connectivity index (χ2v) is 5.18. The molecule has 2 heterocycles. The molecule has 0 radical (unpaired) electrons. The van der Waals surface area contributed by atoms with Crippen molar-refractivity contribution in [1.82, 2.24) is 15.0 Å². The van der Waals surface area contributed by atoms with Gasteiger partial charge in [-0.1, -0.05) is 6.92 Å². The Morgan fingerprint density at radius 1 is 1.47 bits per heavy atom. The van der Waals surface area contributed by atoms with Gasteiger partial charge in [0.25, 0.3) is 5.91 Å². The highest BCUT2D eigenvalue weighted by molar-refractivity contribution is 7.11. The van der Waals surface area contributed by atoms with Crippen LogP contribution in [0.1, 0.15) is 40.3 Å². The number of hydrogen-bond donors (Lipinski definition) is 2. The SMILES string of the molecule is CCc1cnc(C(C)Nc2cncc(C(N)=O)n2)s1. The molecule has 2 aromatic rings. The molecule has 0 saturated carbocycles. The van der Waals surface area contributed by atoms with Crippen molar-refractivity contribution in [2.45, 2.75) is 26.3 Å². The van der Waals surface area contributed by atoms with Crippen LogP contribution < -0.4 is 11.1 Å². The largest absolute Gasteiger partial charge is 0.364 e. The van der Waals surface area contributed by atoms with Crippen molar-refractivity contribution in [1.29, 1.82) is 0 Å². The van der Waals surface area contributed by atoms with Gasteiger partial charge < -0.3 is 11.1 Å². The minimum Gasteiger partial charge on any atom is -0.364 e. The Labute approximate surface area is 115 Å². The van der Waals surface area contributed by atoms with E-state index in [-0.39, 0.29) is 11.7 Å². The van der Waals surface area contributed by atoms with Gasteiger partial charge in [-0.05, 0) is 13.3 Å². The van der Waals surface area contributed by atoms with Gasteiger partial charge in [0.2, 0.25) is 0 Å². The smallest absolute Gasteiger partial charge is 0.268 e. The summed E-state index contributed by atoms with van der Waals surface area (Å²) in [7, 11) is 0. The molecule has 0 aliphatic heterocycles. The van der Waals surface area contributed by atoms with Crippen LogP contribution in [-0.4, -0.2) is 20.9 Å². The number of nitrogens with zero attached hydrogens (tertiary/aromatic N) is 3. The molecule has 0 aliphatic carbocycles. The molecular formula is C12H15N5OS. The van der Waals surface area contributed by atoms with Gasteiger partial charge in [0.05, 0.1) is 18.4 Å². The van der Waals surface area contributed by atoms with Crippen molar-refractivity contribution in [3.8, 4) is 0 Å². The summed E-state index contributed by atoms with van der Waals surface area (Å²) >= 11 is 1.66. The van der Waals surface area contributed by atoms with Crippen molar-refractivity contribution in [2.75, 3.05) is 5.32 Å². The fraction of sp³-hybridized carbons (Fsp3) is 0.333. The molecule has 3 N–H and O–H groups in total. The third kappa shape index (κ3) is 3.25. The molecule has 7 heteroatoms. The number of aromatic nitrogens is 3. The van der Waals surface area contributed by atoms with Crippen LogP contribution in [0, 0.1) is 0 Å². The first kappa shape index (κ1) is 13.4. The summed E-state index contributed by atoms with van der Waals surface area (Å²) in [5, 5.41) is 4.13. The van der Waals surface area contributed by atoms with Crippen LogP contribution in [-0.2, 0) is 6.42 Å². The number of primary amides is 1. The number of aryl methyl sites for hydroxylation is 1. The van der Waals surface area contributed by atoms with E-state index in [1.165, 1.54) is 11.1 Å². The van der Waals surface area contributed by atoms with Gasteiger partial charge in [0.1, 0.15) is 16.5 Å². The highest BCUT2D eigenvalue weighted by Gasteiger charge is 2.12. The van der Waals surface area contributed by atoms with Gasteiger partial charge in [0, 0.05) is 11.1 Å². The lowest BCUT2D eigenvalue weighted by Gasteiger charge is -2.11. The number of rotatable bonds is 5. The van der Waals surface area contributed by atoms with Crippen molar-refractivity contribution in [2.24, 2.45) is 5.73 Å². The maximum Gasteiger partial charge on any atom is 0.268 e. The van der Waals surface area contributed by atoms with Crippen molar-refractivity contribution in [3.63, 3.8) is 0 Å². The van der Waals surface area contributed by atoms with Crippen LogP contribution in [0.25, 0.3) is 0 Å². The van der Waals surface area contributed by atoms with Crippen molar-refractivity contribution in [3.05, 3.63) is 34.2 Å². The summed E-state index contributed by atoms with van der Waals surface area (Å²) in [6.45, 7) is 4.08. The topological polar surface area (TPSA) is 93.8 Å². The molecular weight excluding hydrogens is 262 g/mol. The number of anilines is 1. The molecule has 100 valence electrons. The number of carbonyl (C=O) groups excluding carboxylic acids is 1. The van der Waals surface area contributed by atoms with E-state index in [0.29, 0.717) is 5.82 Å². The average molecular weight is 277 g/mol. The maximum atomic E-state index is 11.0. The Hall–Kier alpha value is -2.02. The van der Waals surface area contributed by atoms with Crippen LogP contribution >= 0.6 is 11.3 Å². The Bertz CT molecular complexity index is 583. The van der Waals surface area contributed by atoms with Crippen LogP contribution in [0.5, 0.6) is 0 Å². The summed E-state index contributed by atoms with van der Waals surface area (Å²) in [6, 6.07) is 0.00252. The molecule has 6 nitrogen and oxygen atoms in total. The highest BCUT2D eigenvalue weighted by Crippen LogP contribution is 2.23. The zero-order chi connectivity index (χ0) is 13.8. The number of nitrogens with two attached hydrogens (primary N) is 1. The van der Waals surface area contributed by atoms with E-state index in [4.69, 9.17) is 5.73 Å². The van der Waals surface area contributed by atoms with E-state index >= 15 is 0 Å². The minimum atomic E-state index is -0.591. The maximum absolute atomic E-state index is 11.0. The van der Waals surface area contributed by atoms with Gasteiger partial charge in [-0.3, -0.25) is 9.78 Å². The number of amides is 1. The molecule has 0 spiro atoms. The number of thiazole rings is 1.